The lowest BCUT2D eigenvalue weighted by molar-refractivity contribution is -0.128. The van der Waals surface area contributed by atoms with E-state index in [2.05, 4.69) is 5.32 Å². The van der Waals surface area contributed by atoms with Gasteiger partial charge in [0.2, 0.25) is 0 Å². The summed E-state index contributed by atoms with van der Waals surface area (Å²) in [5.74, 6) is 0.432. The predicted octanol–water partition coefficient (Wildman–Crippen LogP) is 7.18. The molecule has 0 unspecified atom stereocenters. The second kappa shape index (κ2) is 12.6. The maximum Gasteiger partial charge on any atom is 0.251 e. The van der Waals surface area contributed by atoms with Crippen LogP contribution in [0.1, 0.15) is 30.4 Å². The first-order chi connectivity index (χ1) is 18.9. The second-order valence-electron chi connectivity index (χ2n) is 9.56. The van der Waals surface area contributed by atoms with Gasteiger partial charge in [0, 0.05) is 29.7 Å². The van der Waals surface area contributed by atoms with E-state index in [-0.39, 0.29) is 41.0 Å². The van der Waals surface area contributed by atoms with E-state index in [4.69, 9.17) is 44.3 Å². The first kappa shape index (κ1) is 27.8. The minimum absolute atomic E-state index is 0.0650. The number of ether oxygens (including phenoxy) is 2. The Hall–Kier alpha value is -2.77. The number of nitrogens with zero attached hydrogens (tertiary/aromatic N) is 1. The van der Waals surface area contributed by atoms with Crippen molar-refractivity contribution >= 4 is 46.3 Å². The van der Waals surface area contributed by atoms with Crippen molar-refractivity contribution < 1.29 is 18.7 Å². The Bertz CT molecular complexity index is 1350. The van der Waals surface area contributed by atoms with Crippen LogP contribution in [0.5, 0.6) is 11.5 Å². The Kier molecular flexibility index (Phi) is 8.98. The van der Waals surface area contributed by atoms with E-state index >= 15 is 0 Å². The van der Waals surface area contributed by atoms with Gasteiger partial charge in [-0.05, 0) is 72.8 Å². The van der Waals surface area contributed by atoms with Gasteiger partial charge in [-0.25, -0.2) is 4.39 Å². The lowest BCUT2D eigenvalue weighted by Crippen LogP contribution is -2.39. The summed E-state index contributed by atoms with van der Waals surface area (Å²) in [6.07, 6.45) is 2.79. The molecule has 1 aliphatic heterocycles. The van der Waals surface area contributed by atoms with E-state index in [9.17, 15) is 9.18 Å². The number of nitrogens with one attached hydrogen (secondary N) is 1. The van der Waals surface area contributed by atoms with Gasteiger partial charge in [0.05, 0.1) is 10.0 Å². The zero-order valence-corrected chi connectivity index (χ0v) is 23.5. The molecule has 1 amide bonds. The maximum atomic E-state index is 13.8. The summed E-state index contributed by atoms with van der Waals surface area (Å²) in [4.78, 5) is 15.8. The Labute approximate surface area is 242 Å². The fourth-order valence-electron chi connectivity index (χ4n) is 4.67. The van der Waals surface area contributed by atoms with Gasteiger partial charge < -0.3 is 19.7 Å². The monoisotopic (exact) mass is 588 g/mol. The van der Waals surface area contributed by atoms with E-state index in [1.807, 2.05) is 53.4 Å². The average molecular weight is 590 g/mol. The van der Waals surface area contributed by atoms with Crippen LogP contribution >= 0.6 is 34.8 Å². The van der Waals surface area contributed by atoms with Gasteiger partial charge in [-0.15, -0.1) is 0 Å². The molecular formula is C30H28Cl3FN2O3. The maximum absolute atomic E-state index is 13.8. The van der Waals surface area contributed by atoms with Crippen LogP contribution in [-0.2, 0) is 11.3 Å². The van der Waals surface area contributed by atoms with E-state index in [0.717, 1.165) is 60.2 Å². The standard InChI is InChI=1S/C30H28Cl3FN2O3/c31-26-4-2-1-3-20(26)18-36(22-7-8-22)30(37)25-17-35-12-11-24(25)19-5-9-23(10-6-19)38-13-14-39-29-27(32)15-21(34)16-28(29)33/h1-6,9-10,15-16,22,35H,7-8,11-14,17-18H2. The quantitative estimate of drug-likeness (QED) is 0.255. The molecule has 204 valence electrons. The lowest BCUT2D eigenvalue weighted by Gasteiger charge is -2.28. The zero-order valence-electron chi connectivity index (χ0n) is 21.2. The van der Waals surface area contributed by atoms with Crippen LogP contribution in [0.4, 0.5) is 4.39 Å². The molecule has 0 atom stereocenters. The fourth-order valence-corrected chi connectivity index (χ4v) is 5.43. The first-order valence-electron chi connectivity index (χ1n) is 12.9. The molecule has 0 bridgehead atoms. The molecule has 1 saturated carbocycles. The Morgan fingerprint density at radius 3 is 2.33 bits per heavy atom. The molecule has 5 nitrogen and oxygen atoms in total. The molecule has 0 radical (unpaired) electrons. The molecule has 1 fully saturated rings. The third-order valence-corrected chi connectivity index (χ3v) is 7.72. The van der Waals surface area contributed by atoms with Crippen molar-refractivity contribution in [3.8, 4) is 11.5 Å². The number of carbonyl (C=O) groups is 1. The Balaban J connectivity index is 1.25. The third kappa shape index (κ3) is 6.87. The third-order valence-electron chi connectivity index (χ3n) is 6.79. The van der Waals surface area contributed by atoms with Crippen molar-refractivity contribution in [2.45, 2.75) is 31.8 Å². The highest BCUT2D eigenvalue weighted by Crippen LogP contribution is 2.35. The van der Waals surface area contributed by atoms with E-state index in [1.165, 1.54) is 0 Å². The van der Waals surface area contributed by atoms with Crippen LogP contribution in [0.2, 0.25) is 15.1 Å². The summed E-state index contributed by atoms with van der Waals surface area (Å²) in [5.41, 5.74) is 3.82. The van der Waals surface area contributed by atoms with Crippen LogP contribution in [0, 0.1) is 5.82 Å². The molecule has 2 aliphatic rings. The van der Waals surface area contributed by atoms with Crippen LogP contribution in [0.15, 0.2) is 66.2 Å². The van der Waals surface area contributed by atoms with E-state index in [0.29, 0.717) is 23.9 Å². The molecule has 39 heavy (non-hydrogen) atoms. The number of halogens is 4. The number of hydrogen-bond donors (Lipinski definition) is 1. The Morgan fingerprint density at radius 2 is 1.64 bits per heavy atom. The van der Waals surface area contributed by atoms with Gasteiger partial charge in [-0.1, -0.05) is 65.1 Å². The largest absolute Gasteiger partial charge is 0.490 e. The van der Waals surface area contributed by atoms with Crippen molar-refractivity contribution in [1.82, 2.24) is 10.2 Å². The molecule has 0 saturated heterocycles. The fraction of sp³-hybridized carbons (Fsp3) is 0.300. The average Bonchev–Trinajstić information content (AvgIpc) is 3.77. The summed E-state index contributed by atoms with van der Waals surface area (Å²) >= 11 is 18.4. The Morgan fingerprint density at radius 1 is 0.949 bits per heavy atom. The molecule has 9 heteroatoms. The van der Waals surface area contributed by atoms with Crippen molar-refractivity contribution in [3.63, 3.8) is 0 Å². The number of amides is 1. The number of rotatable bonds is 10. The predicted molar refractivity (Wildman–Crippen MR) is 153 cm³/mol. The van der Waals surface area contributed by atoms with Crippen LogP contribution < -0.4 is 14.8 Å². The molecule has 0 spiro atoms. The van der Waals surface area contributed by atoms with Crippen LogP contribution in [-0.4, -0.2) is 43.2 Å². The van der Waals surface area contributed by atoms with Crippen molar-refractivity contribution in [1.29, 1.82) is 0 Å². The number of carbonyl (C=O) groups excluding carboxylic acids is 1. The van der Waals surface area contributed by atoms with E-state index < -0.39 is 5.82 Å². The van der Waals surface area contributed by atoms with Crippen LogP contribution in [0.3, 0.4) is 0 Å². The van der Waals surface area contributed by atoms with Crippen molar-refractivity contribution in [3.05, 3.63) is 98.2 Å². The molecule has 1 heterocycles. The van der Waals surface area contributed by atoms with E-state index in [1.54, 1.807) is 0 Å². The van der Waals surface area contributed by atoms with Gasteiger partial charge in [-0.3, -0.25) is 4.79 Å². The number of hydrogen-bond acceptors (Lipinski definition) is 4. The highest BCUT2D eigenvalue weighted by Gasteiger charge is 2.35. The van der Waals surface area contributed by atoms with Gasteiger partial charge in [-0.2, -0.15) is 0 Å². The first-order valence-corrected chi connectivity index (χ1v) is 14.0. The number of benzene rings is 3. The molecule has 0 aromatic heterocycles. The summed E-state index contributed by atoms with van der Waals surface area (Å²) in [6.45, 7) is 2.28. The smallest absolute Gasteiger partial charge is 0.251 e. The summed E-state index contributed by atoms with van der Waals surface area (Å²) in [7, 11) is 0. The van der Waals surface area contributed by atoms with Crippen LogP contribution in [0.25, 0.3) is 5.57 Å². The van der Waals surface area contributed by atoms with Gasteiger partial charge in [0.15, 0.2) is 5.75 Å². The molecule has 1 N–H and O–H groups in total. The molecule has 1 aliphatic carbocycles. The molecular weight excluding hydrogens is 562 g/mol. The summed E-state index contributed by atoms with van der Waals surface area (Å²) < 4.78 is 24.7. The minimum atomic E-state index is -0.525. The van der Waals surface area contributed by atoms with Crippen molar-refractivity contribution in [2.24, 2.45) is 0 Å². The topological polar surface area (TPSA) is 50.8 Å². The SMILES string of the molecule is O=C(C1=C(c2ccc(OCCOc3c(Cl)cc(F)cc3Cl)cc2)CCNC1)N(Cc1ccccc1Cl)C1CC1. The van der Waals surface area contributed by atoms with Gasteiger partial charge in [0.25, 0.3) is 5.91 Å². The highest BCUT2D eigenvalue weighted by atomic mass is 35.5. The van der Waals surface area contributed by atoms with Crippen molar-refractivity contribution in [2.75, 3.05) is 26.3 Å². The minimum Gasteiger partial charge on any atom is -0.490 e. The molecule has 3 aromatic rings. The summed E-state index contributed by atoms with van der Waals surface area (Å²) in [5, 5.41) is 4.26. The zero-order chi connectivity index (χ0) is 27.4. The van der Waals surface area contributed by atoms with Gasteiger partial charge in [0.1, 0.15) is 24.8 Å². The lowest BCUT2D eigenvalue weighted by atomic mass is 9.93. The summed E-state index contributed by atoms with van der Waals surface area (Å²) in [6, 6.07) is 18.0. The molecule has 5 rings (SSSR count). The van der Waals surface area contributed by atoms with Gasteiger partial charge >= 0.3 is 0 Å². The molecule has 3 aromatic carbocycles. The second-order valence-corrected chi connectivity index (χ2v) is 10.8. The normalized spacial score (nSPS) is 15.3. The highest BCUT2D eigenvalue weighted by molar-refractivity contribution is 6.37.